The number of hydrogen-bond acceptors (Lipinski definition) is 3. The van der Waals surface area contributed by atoms with Crippen molar-refractivity contribution in [2.75, 3.05) is 18.5 Å². The van der Waals surface area contributed by atoms with Crippen LogP contribution in [0.1, 0.15) is 28.8 Å². The number of nitrogens with zero attached hydrogens (tertiary/aromatic N) is 1. The zero-order valence-corrected chi connectivity index (χ0v) is 17.5. The van der Waals surface area contributed by atoms with Crippen LogP contribution < -0.4 is 5.32 Å². The number of urea groups is 1. The number of benzene rings is 2. The molecule has 30 heavy (non-hydrogen) atoms. The molecule has 5 heteroatoms. The highest BCUT2D eigenvalue weighted by molar-refractivity contribution is 7.09. The third-order valence-electron chi connectivity index (χ3n) is 4.90. The molecule has 1 unspecified atom stereocenters. The number of hydrogen-bond donors (Lipinski definition) is 1. The van der Waals surface area contributed by atoms with Gasteiger partial charge in [-0.05, 0) is 54.6 Å². The molecule has 0 aliphatic carbocycles. The fourth-order valence-electron chi connectivity index (χ4n) is 3.39. The molecule has 1 atom stereocenters. The first kappa shape index (κ1) is 20.2. The van der Waals surface area contributed by atoms with E-state index < -0.39 is 0 Å². The minimum atomic E-state index is -0.118. The van der Waals surface area contributed by atoms with Gasteiger partial charge in [-0.1, -0.05) is 42.2 Å². The molecular weight excluding hydrogens is 392 g/mol. The van der Waals surface area contributed by atoms with E-state index >= 15 is 0 Å². The van der Waals surface area contributed by atoms with Crippen molar-refractivity contribution in [3.05, 3.63) is 88.1 Å². The van der Waals surface area contributed by atoms with Gasteiger partial charge in [0.15, 0.2) is 0 Å². The molecule has 1 fully saturated rings. The molecule has 3 aromatic rings. The molecular formula is C25H24N2O2S. The lowest BCUT2D eigenvalue weighted by molar-refractivity contribution is 0.0821. The van der Waals surface area contributed by atoms with Gasteiger partial charge >= 0.3 is 6.03 Å². The summed E-state index contributed by atoms with van der Waals surface area (Å²) in [4.78, 5) is 16.0. The van der Waals surface area contributed by atoms with E-state index in [9.17, 15) is 4.79 Å². The van der Waals surface area contributed by atoms with Crippen molar-refractivity contribution in [3.8, 4) is 11.8 Å². The van der Waals surface area contributed by atoms with Crippen LogP contribution >= 0.6 is 11.3 Å². The second-order valence-corrected chi connectivity index (χ2v) is 8.25. The number of rotatable bonds is 5. The maximum atomic E-state index is 13.0. The predicted molar refractivity (Wildman–Crippen MR) is 122 cm³/mol. The Morgan fingerprint density at radius 3 is 2.67 bits per heavy atom. The maximum Gasteiger partial charge on any atom is 0.322 e. The maximum absolute atomic E-state index is 13.0. The summed E-state index contributed by atoms with van der Waals surface area (Å²) < 4.78 is 5.76. The standard InChI is InChI=1S/C25H24N2O2S/c28-25(27(18-23-11-5-15-29-23)19-24-12-6-16-30-24)26-22-10-4-9-21(17-22)14-13-20-7-2-1-3-8-20/h1-4,6-10,12,16-17,23H,5,11,15,18-19H2,(H,26,28). The first-order valence-corrected chi connectivity index (χ1v) is 11.0. The lowest BCUT2D eigenvalue weighted by atomic mass is 10.1. The van der Waals surface area contributed by atoms with Crippen LogP contribution in [0.25, 0.3) is 0 Å². The van der Waals surface area contributed by atoms with Gasteiger partial charge in [0.1, 0.15) is 0 Å². The van der Waals surface area contributed by atoms with E-state index in [0.717, 1.165) is 41.1 Å². The van der Waals surface area contributed by atoms with Crippen LogP contribution in [0.2, 0.25) is 0 Å². The van der Waals surface area contributed by atoms with Crippen molar-refractivity contribution in [2.45, 2.75) is 25.5 Å². The van der Waals surface area contributed by atoms with Crippen LogP contribution in [0.3, 0.4) is 0 Å². The minimum absolute atomic E-state index is 0.110. The lowest BCUT2D eigenvalue weighted by Crippen LogP contribution is -2.39. The summed E-state index contributed by atoms with van der Waals surface area (Å²) in [6.07, 6.45) is 2.17. The van der Waals surface area contributed by atoms with E-state index in [1.807, 2.05) is 70.9 Å². The predicted octanol–water partition coefficient (Wildman–Crippen LogP) is 5.36. The highest BCUT2D eigenvalue weighted by atomic mass is 32.1. The monoisotopic (exact) mass is 416 g/mol. The van der Waals surface area contributed by atoms with E-state index in [1.165, 1.54) is 0 Å². The quantitative estimate of drug-likeness (QED) is 0.569. The number of nitrogens with one attached hydrogen (secondary N) is 1. The molecule has 0 saturated carbocycles. The summed E-state index contributed by atoms with van der Waals surface area (Å²) in [6.45, 7) is 1.95. The molecule has 4 rings (SSSR count). The molecule has 2 aromatic carbocycles. The number of carbonyl (C=O) groups is 1. The molecule has 0 radical (unpaired) electrons. The van der Waals surface area contributed by atoms with Crippen LogP contribution in [0.4, 0.5) is 10.5 Å². The number of ether oxygens (including phenoxy) is 1. The summed E-state index contributed by atoms with van der Waals surface area (Å²) in [5, 5.41) is 5.07. The van der Waals surface area contributed by atoms with Crippen molar-refractivity contribution in [3.63, 3.8) is 0 Å². The van der Waals surface area contributed by atoms with E-state index in [0.29, 0.717) is 13.1 Å². The Morgan fingerprint density at radius 2 is 1.90 bits per heavy atom. The van der Waals surface area contributed by atoms with E-state index in [4.69, 9.17) is 4.74 Å². The van der Waals surface area contributed by atoms with Gasteiger partial charge in [0.05, 0.1) is 12.6 Å². The Labute approximate surface area is 181 Å². The highest BCUT2D eigenvalue weighted by Gasteiger charge is 2.23. The summed E-state index contributed by atoms with van der Waals surface area (Å²) in [7, 11) is 0. The fraction of sp³-hybridized carbons (Fsp3) is 0.240. The Kier molecular flexibility index (Phi) is 6.81. The van der Waals surface area contributed by atoms with Gasteiger partial charge in [0, 0.05) is 34.8 Å². The Morgan fingerprint density at radius 1 is 1.07 bits per heavy atom. The van der Waals surface area contributed by atoms with Gasteiger partial charge in [0.25, 0.3) is 0 Å². The molecule has 1 aromatic heterocycles. The third-order valence-corrected chi connectivity index (χ3v) is 5.76. The summed E-state index contributed by atoms with van der Waals surface area (Å²) in [5.74, 6) is 6.32. The molecule has 1 N–H and O–H groups in total. The molecule has 2 amide bonds. The normalized spacial score (nSPS) is 15.3. The zero-order chi connectivity index (χ0) is 20.6. The van der Waals surface area contributed by atoms with E-state index in [2.05, 4.69) is 23.2 Å². The Balaban J connectivity index is 1.45. The second-order valence-electron chi connectivity index (χ2n) is 7.22. The van der Waals surface area contributed by atoms with Crippen molar-refractivity contribution in [1.29, 1.82) is 0 Å². The van der Waals surface area contributed by atoms with Crippen molar-refractivity contribution < 1.29 is 9.53 Å². The molecule has 1 aliphatic heterocycles. The van der Waals surface area contributed by atoms with Crippen LogP contribution in [0, 0.1) is 11.8 Å². The van der Waals surface area contributed by atoms with E-state index in [-0.39, 0.29) is 12.1 Å². The number of thiophene rings is 1. The van der Waals surface area contributed by atoms with Crippen molar-refractivity contribution in [2.24, 2.45) is 0 Å². The van der Waals surface area contributed by atoms with Gasteiger partial charge in [0.2, 0.25) is 0 Å². The zero-order valence-electron chi connectivity index (χ0n) is 16.7. The summed E-state index contributed by atoms with van der Waals surface area (Å²) >= 11 is 1.66. The van der Waals surface area contributed by atoms with E-state index in [1.54, 1.807) is 11.3 Å². The topological polar surface area (TPSA) is 41.6 Å². The van der Waals surface area contributed by atoms with Gasteiger partial charge in [-0.25, -0.2) is 4.79 Å². The summed E-state index contributed by atoms with van der Waals surface area (Å²) in [6, 6.07) is 21.5. The number of amides is 2. The third kappa shape index (κ3) is 5.73. The SMILES string of the molecule is O=C(Nc1cccc(C#Cc2ccccc2)c1)N(Cc1cccs1)CC1CCCO1. The van der Waals surface area contributed by atoms with Gasteiger partial charge in [-0.3, -0.25) is 0 Å². The first-order valence-electron chi connectivity index (χ1n) is 10.1. The molecule has 4 nitrogen and oxygen atoms in total. The highest BCUT2D eigenvalue weighted by Crippen LogP contribution is 2.19. The molecule has 1 aliphatic rings. The lowest BCUT2D eigenvalue weighted by Gasteiger charge is -2.25. The molecule has 2 heterocycles. The number of anilines is 1. The smallest absolute Gasteiger partial charge is 0.322 e. The average Bonchev–Trinajstić information content (AvgIpc) is 3.47. The molecule has 152 valence electrons. The second kappa shape index (κ2) is 10.1. The first-order chi connectivity index (χ1) is 14.8. The van der Waals surface area contributed by atoms with Crippen LogP contribution in [-0.2, 0) is 11.3 Å². The molecule has 0 spiro atoms. The largest absolute Gasteiger partial charge is 0.376 e. The van der Waals surface area contributed by atoms with Gasteiger partial charge in [-0.2, -0.15) is 0 Å². The van der Waals surface area contributed by atoms with Crippen LogP contribution in [-0.4, -0.2) is 30.2 Å². The minimum Gasteiger partial charge on any atom is -0.376 e. The average molecular weight is 417 g/mol. The van der Waals surface area contributed by atoms with Crippen LogP contribution in [0.15, 0.2) is 72.1 Å². The molecule has 0 bridgehead atoms. The Bertz CT molecular complexity index is 1020. The summed E-state index contributed by atoms with van der Waals surface area (Å²) in [5.41, 5.74) is 2.56. The van der Waals surface area contributed by atoms with Gasteiger partial charge in [-0.15, -0.1) is 11.3 Å². The van der Waals surface area contributed by atoms with Crippen molar-refractivity contribution in [1.82, 2.24) is 4.90 Å². The number of carbonyl (C=O) groups excluding carboxylic acids is 1. The van der Waals surface area contributed by atoms with Crippen molar-refractivity contribution >= 4 is 23.1 Å². The Hall–Kier alpha value is -3.07. The van der Waals surface area contributed by atoms with Crippen LogP contribution in [0.5, 0.6) is 0 Å². The fourth-order valence-corrected chi connectivity index (χ4v) is 4.11. The van der Waals surface area contributed by atoms with Gasteiger partial charge < -0.3 is 15.0 Å². The molecule has 1 saturated heterocycles.